The Labute approximate surface area is 81.7 Å². The van der Waals surface area contributed by atoms with E-state index < -0.39 is 0 Å². The Morgan fingerprint density at radius 3 is 2.38 bits per heavy atom. The Kier molecular flexibility index (Phi) is 5.76. The maximum Gasteiger partial charge on any atom is 0.302 e. The van der Waals surface area contributed by atoms with E-state index in [1.54, 1.807) is 0 Å². The number of hydrogen-bond donors (Lipinski definition) is 0. The van der Waals surface area contributed by atoms with Gasteiger partial charge in [0.25, 0.3) is 0 Å². The second kappa shape index (κ2) is 6.01. The van der Waals surface area contributed by atoms with Gasteiger partial charge in [-0.3, -0.25) is 4.79 Å². The molecule has 0 aliphatic carbocycles. The van der Waals surface area contributed by atoms with E-state index in [9.17, 15) is 4.79 Å². The van der Waals surface area contributed by atoms with Crippen LogP contribution in [0.4, 0.5) is 0 Å². The van der Waals surface area contributed by atoms with E-state index >= 15 is 0 Å². The first kappa shape index (κ1) is 12.5. The van der Waals surface area contributed by atoms with Crippen LogP contribution >= 0.6 is 0 Å². The predicted octanol–water partition coefficient (Wildman–Crippen LogP) is 3.16. The minimum Gasteiger partial charge on any atom is -0.466 e. The van der Waals surface area contributed by atoms with Crippen LogP contribution < -0.4 is 0 Å². The Morgan fingerprint density at radius 2 is 1.92 bits per heavy atom. The van der Waals surface area contributed by atoms with E-state index in [1.807, 2.05) is 0 Å². The van der Waals surface area contributed by atoms with Gasteiger partial charge in [-0.1, -0.05) is 33.6 Å². The summed E-state index contributed by atoms with van der Waals surface area (Å²) in [6.45, 7) is 8.67. The highest BCUT2D eigenvalue weighted by Gasteiger charge is 2.16. The number of esters is 1. The fourth-order valence-electron chi connectivity index (χ4n) is 1.25. The molecule has 0 aromatic rings. The lowest BCUT2D eigenvalue weighted by molar-refractivity contribution is -0.141. The number of carbonyl (C=O) groups is 1. The van der Waals surface area contributed by atoms with Crippen molar-refractivity contribution >= 4 is 5.97 Å². The van der Waals surface area contributed by atoms with E-state index in [4.69, 9.17) is 4.74 Å². The van der Waals surface area contributed by atoms with Crippen LogP contribution in [0.15, 0.2) is 0 Å². The molecule has 2 heteroatoms. The van der Waals surface area contributed by atoms with Gasteiger partial charge in [0.05, 0.1) is 6.61 Å². The number of carbonyl (C=O) groups excluding carboxylic acids is 1. The van der Waals surface area contributed by atoms with Crippen molar-refractivity contribution in [3.63, 3.8) is 0 Å². The van der Waals surface area contributed by atoms with Crippen molar-refractivity contribution < 1.29 is 9.53 Å². The lowest BCUT2D eigenvalue weighted by Crippen LogP contribution is -2.15. The molecule has 13 heavy (non-hydrogen) atoms. The number of ether oxygens (including phenoxy) is 1. The van der Waals surface area contributed by atoms with Gasteiger partial charge in [0.2, 0.25) is 0 Å². The molecule has 0 spiro atoms. The standard InChI is InChI=1S/C11H22O2/c1-5-6-7-11(3,4)8-9-13-10(2)12/h5-9H2,1-4H3. The quantitative estimate of drug-likeness (QED) is 0.596. The molecular weight excluding hydrogens is 164 g/mol. The molecule has 0 amide bonds. The van der Waals surface area contributed by atoms with Crippen LogP contribution in [-0.4, -0.2) is 12.6 Å². The van der Waals surface area contributed by atoms with Gasteiger partial charge in [0.1, 0.15) is 0 Å². The monoisotopic (exact) mass is 186 g/mol. The second-order valence-electron chi connectivity index (χ2n) is 4.36. The normalized spacial score (nSPS) is 11.4. The zero-order chi connectivity index (χ0) is 10.3. The van der Waals surface area contributed by atoms with Crippen molar-refractivity contribution in [1.82, 2.24) is 0 Å². The molecule has 0 atom stereocenters. The van der Waals surface area contributed by atoms with Crippen molar-refractivity contribution in [2.75, 3.05) is 6.61 Å². The molecule has 0 heterocycles. The molecule has 0 fully saturated rings. The highest BCUT2D eigenvalue weighted by atomic mass is 16.5. The van der Waals surface area contributed by atoms with E-state index in [-0.39, 0.29) is 5.97 Å². The van der Waals surface area contributed by atoms with Gasteiger partial charge in [0.15, 0.2) is 0 Å². The second-order valence-corrected chi connectivity index (χ2v) is 4.36. The van der Waals surface area contributed by atoms with Crippen LogP contribution in [0.3, 0.4) is 0 Å². The summed E-state index contributed by atoms with van der Waals surface area (Å²) in [7, 11) is 0. The Bertz CT molecular complexity index is 150. The van der Waals surface area contributed by atoms with Gasteiger partial charge < -0.3 is 4.74 Å². The van der Waals surface area contributed by atoms with Gasteiger partial charge in [-0.05, 0) is 18.3 Å². The lowest BCUT2D eigenvalue weighted by Gasteiger charge is -2.23. The Balaban J connectivity index is 3.56. The summed E-state index contributed by atoms with van der Waals surface area (Å²) in [5.74, 6) is -0.175. The van der Waals surface area contributed by atoms with E-state index in [0.717, 1.165) is 6.42 Å². The van der Waals surface area contributed by atoms with Crippen molar-refractivity contribution in [1.29, 1.82) is 0 Å². The molecule has 0 N–H and O–H groups in total. The first-order chi connectivity index (χ1) is 5.98. The fourth-order valence-corrected chi connectivity index (χ4v) is 1.25. The Morgan fingerprint density at radius 1 is 1.31 bits per heavy atom. The van der Waals surface area contributed by atoms with Crippen LogP contribution in [0, 0.1) is 5.41 Å². The number of hydrogen-bond acceptors (Lipinski definition) is 2. The molecule has 0 aromatic carbocycles. The molecule has 0 bridgehead atoms. The third-order valence-corrected chi connectivity index (χ3v) is 2.29. The highest BCUT2D eigenvalue weighted by Crippen LogP contribution is 2.27. The van der Waals surface area contributed by atoms with Gasteiger partial charge in [-0.25, -0.2) is 0 Å². The fraction of sp³-hybridized carbons (Fsp3) is 0.909. The van der Waals surface area contributed by atoms with Crippen LogP contribution in [0.25, 0.3) is 0 Å². The zero-order valence-corrected chi connectivity index (χ0v) is 9.35. The van der Waals surface area contributed by atoms with E-state index in [1.165, 1.54) is 26.2 Å². The molecule has 0 unspecified atom stereocenters. The minimum atomic E-state index is -0.175. The van der Waals surface area contributed by atoms with E-state index in [0.29, 0.717) is 12.0 Å². The third-order valence-electron chi connectivity index (χ3n) is 2.29. The molecule has 78 valence electrons. The maximum atomic E-state index is 10.5. The zero-order valence-electron chi connectivity index (χ0n) is 9.35. The number of rotatable bonds is 6. The average molecular weight is 186 g/mol. The van der Waals surface area contributed by atoms with Gasteiger partial charge in [-0.2, -0.15) is 0 Å². The smallest absolute Gasteiger partial charge is 0.302 e. The first-order valence-corrected chi connectivity index (χ1v) is 5.11. The molecule has 0 radical (unpaired) electrons. The molecule has 0 rings (SSSR count). The summed E-state index contributed by atoms with van der Waals surface area (Å²) >= 11 is 0. The topological polar surface area (TPSA) is 26.3 Å². The highest BCUT2D eigenvalue weighted by molar-refractivity contribution is 5.65. The largest absolute Gasteiger partial charge is 0.466 e. The SMILES string of the molecule is CCCCC(C)(C)CCOC(C)=O. The molecule has 0 aliphatic heterocycles. The van der Waals surface area contributed by atoms with Crippen LogP contribution in [0.2, 0.25) is 0 Å². The van der Waals surface area contributed by atoms with Crippen molar-refractivity contribution in [3.8, 4) is 0 Å². The summed E-state index contributed by atoms with van der Waals surface area (Å²) in [5.41, 5.74) is 0.311. The van der Waals surface area contributed by atoms with Crippen LogP contribution in [0.5, 0.6) is 0 Å². The molecule has 0 saturated carbocycles. The van der Waals surface area contributed by atoms with E-state index in [2.05, 4.69) is 20.8 Å². The summed E-state index contributed by atoms with van der Waals surface area (Å²) in [6, 6.07) is 0. The molecule has 0 aromatic heterocycles. The average Bonchev–Trinajstić information content (AvgIpc) is 2.00. The predicted molar refractivity (Wildman–Crippen MR) is 54.6 cm³/mol. The van der Waals surface area contributed by atoms with Crippen LogP contribution in [0.1, 0.15) is 53.4 Å². The summed E-state index contributed by atoms with van der Waals surface area (Å²) in [4.78, 5) is 10.5. The minimum absolute atomic E-state index is 0.175. The van der Waals surface area contributed by atoms with Crippen molar-refractivity contribution in [3.05, 3.63) is 0 Å². The number of unbranched alkanes of at least 4 members (excludes halogenated alkanes) is 1. The lowest BCUT2D eigenvalue weighted by atomic mass is 9.84. The van der Waals surface area contributed by atoms with Gasteiger partial charge in [-0.15, -0.1) is 0 Å². The first-order valence-electron chi connectivity index (χ1n) is 5.11. The van der Waals surface area contributed by atoms with Crippen molar-refractivity contribution in [2.45, 2.75) is 53.4 Å². The Hall–Kier alpha value is -0.530. The molecule has 2 nitrogen and oxygen atoms in total. The molecule has 0 saturated heterocycles. The molecule has 0 aliphatic rings. The summed E-state index contributed by atoms with van der Waals surface area (Å²) in [5, 5.41) is 0. The molecular formula is C11H22O2. The van der Waals surface area contributed by atoms with Gasteiger partial charge in [0, 0.05) is 6.92 Å². The third kappa shape index (κ3) is 7.82. The maximum absolute atomic E-state index is 10.5. The summed E-state index contributed by atoms with van der Waals surface area (Å²) in [6.07, 6.45) is 4.67. The van der Waals surface area contributed by atoms with Crippen molar-refractivity contribution in [2.24, 2.45) is 5.41 Å². The van der Waals surface area contributed by atoms with Gasteiger partial charge >= 0.3 is 5.97 Å². The summed E-state index contributed by atoms with van der Waals surface area (Å²) < 4.78 is 4.92. The van der Waals surface area contributed by atoms with Crippen LogP contribution in [-0.2, 0) is 9.53 Å².